The molecule has 64 heavy (non-hydrogen) atoms. The first kappa shape index (κ1) is 62.6. The highest BCUT2D eigenvalue weighted by molar-refractivity contribution is 5.77. The molecule has 0 aromatic carbocycles. The van der Waals surface area contributed by atoms with Crippen LogP contribution >= 0.6 is 0 Å². The second-order valence-electron chi connectivity index (χ2n) is 20.1. The zero-order valence-electron chi connectivity index (χ0n) is 43.4. The summed E-state index contributed by atoms with van der Waals surface area (Å²) in [5, 5.41) is 23.8. The van der Waals surface area contributed by atoms with Gasteiger partial charge in [-0.1, -0.05) is 270 Å². The standard InChI is InChI=1S/C58H113NO5/c1-4-7-10-13-16-19-22-25-27-28-29-31-33-36-39-42-45-48-51-58(63)64-54(49-46-43-40-37-34-32-30-26-23-20-17-14-11-8-5-2)52-57(62)59-55(53-60)56(61)50-47-44-41-38-35-24-21-18-15-12-9-6-3/h29,31,54-56,60-61H,4-28,30,32-53H2,1-3H3,(H,59,62)/b31-29+. The second-order valence-corrected chi connectivity index (χ2v) is 20.1. The smallest absolute Gasteiger partial charge is 0.306 e. The first-order valence-corrected chi connectivity index (χ1v) is 28.9. The molecule has 0 spiro atoms. The van der Waals surface area contributed by atoms with Gasteiger partial charge in [-0.05, 0) is 51.4 Å². The fourth-order valence-corrected chi connectivity index (χ4v) is 9.19. The van der Waals surface area contributed by atoms with Gasteiger partial charge < -0.3 is 20.3 Å². The number of hydrogen-bond donors (Lipinski definition) is 3. The van der Waals surface area contributed by atoms with Crippen molar-refractivity contribution in [2.45, 2.75) is 341 Å². The summed E-state index contributed by atoms with van der Waals surface area (Å²) in [6.45, 7) is 6.52. The zero-order chi connectivity index (χ0) is 46.7. The number of nitrogens with one attached hydrogen (secondary N) is 1. The maximum absolute atomic E-state index is 13.2. The highest BCUT2D eigenvalue weighted by atomic mass is 16.5. The van der Waals surface area contributed by atoms with Gasteiger partial charge in [0.05, 0.1) is 25.2 Å². The number of hydrogen-bond acceptors (Lipinski definition) is 5. The maximum Gasteiger partial charge on any atom is 0.306 e. The Morgan fingerprint density at radius 2 is 0.750 bits per heavy atom. The van der Waals surface area contributed by atoms with E-state index in [2.05, 4.69) is 38.2 Å². The Morgan fingerprint density at radius 1 is 0.438 bits per heavy atom. The molecule has 1 amide bonds. The summed E-state index contributed by atoms with van der Waals surface area (Å²) >= 11 is 0. The average molecular weight is 905 g/mol. The van der Waals surface area contributed by atoms with Gasteiger partial charge in [-0.2, -0.15) is 0 Å². The number of ether oxygens (including phenoxy) is 1. The molecule has 6 heteroatoms. The zero-order valence-corrected chi connectivity index (χ0v) is 43.4. The Morgan fingerprint density at radius 3 is 1.11 bits per heavy atom. The van der Waals surface area contributed by atoms with Gasteiger partial charge in [0, 0.05) is 6.42 Å². The third-order valence-corrected chi connectivity index (χ3v) is 13.6. The predicted molar refractivity (Wildman–Crippen MR) is 278 cm³/mol. The van der Waals surface area contributed by atoms with Gasteiger partial charge in [0.15, 0.2) is 0 Å². The van der Waals surface area contributed by atoms with Crippen molar-refractivity contribution in [2.75, 3.05) is 6.61 Å². The van der Waals surface area contributed by atoms with E-state index in [1.54, 1.807) is 0 Å². The molecule has 0 heterocycles. The van der Waals surface area contributed by atoms with Gasteiger partial charge in [0.25, 0.3) is 0 Å². The molecule has 0 bridgehead atoms. The molecule has 0 aliphatic rings. The summed E-state index contributed by atoms with van der Waals surface area (Å²) in [4.78, 5) is 26.3. The number of aliphatic hydroxyl groups is 2. The summed E-state index contributed by atoms with van der Waals surface area (Å²) in [6, 6.07) is -0.697. The van der Waals surface area contributed by atoms with Crippen LogP contribution in [0, 0.1) is 0 Å². The van der Waals surface area contributed by atoms with E-state index in [0.29, 0.717) is 19.3 Å². The molecule has 0 saturated heterocycles. The van der Waals surface area contributed by atoms with E-state index in [-0.39, 0.29) is 24.9 Å². The third-order valence-electron chi connectivity index (χ3n) is 13.6. The third kappa shape index (κ3) is 47.1. The molecular formula is C58H113NO5. The number of carbonyl (C=O) groups is 2. The van der Waals surface area contributed by atoms with Crippen LogP contribution in [0.1, 0.15) is 323 Å². The van der Waals surface area contributed by atoms with Gasteiger partial charge in [0.1, 0.15) is 6.10 Å². The van der Waals surface area contributed by atoms with Crippen LogP contribution in [0.5, 0.6) is 0 Å². The van der Waals surface area contributed by atoms with Crippen LogP contribution in [0.15, 0.2) is 12.2 Å². The topological polar surface area (TPSA) is 95.9 Å². The molecule has 380 valence electrons. The molecule has 0 aliphatic carbocycles. The fourth-order valence-electron chi connectivity index (χ4n) is 9.19. The van der Waals surface area contributed by atoms with Crippen molar-refractivity contribution in [1.82, 2.24) is 5.32 Å². The Bertz CT molecular complexity index is 970. The lowest BCUT2D eigenvalue weighted by Crippen LogP contribution is -2.46. The summed E-state index contributed by atoms with van der Waals surface area (Å²) in [7, 11) is 0. The van der Waals surface area contributed by atoms with Crippen molar-refractivity contribution in [3.63, 3.8) is 0 Å². The number of carbonyl (C=O) groups excluding carboxylic acids is 2. The Labute approximate surface area is 399 Å². The lowest BCUT2D eigenvalue weighted by molar-refractivity contribution is -0.151. The number of aliphatic hydroxyl groups excluding tert-OH is 2. The van der Waals surface area contributed by atoms with Crippen LogP contribution in [-0.4, -0.2) is 46.9 Å². The number of amides is 1. The molecule has 0 radical (unpaired) electrons. The fraction of sp³-hybridized carbons (Fsp3) is 0.931. The van der Waals surface area contributed by atoms with Gasteiger partial charge in [-0.3, -0.25) is 9.59 Å². The van der Waals surface area contributed by atoms with E-state index in [4.69, 9.17) is 4.74 Å². The minimum atomic E-state index is -0.783. The predicted octanol–water partition coefficient (Wildman–Crippen LogP) is 17.7. The highest BCUT2D eigenvalue weighted by Crippen LogP contribution is 2.19. The Kier molecular flexibility index (Phi) is 51.4. The molecule has 0 fully saturated rings. The SMILES string of the molecule is CCCCCCCCCCC/C=C/CCCCCCCC(=O)OC(CCCCCCCCCCCCCCCCC)CC(=O)NC(CO)C(O)CCCCCCCCCCCCCC. The first-order valence-electron chi connectivity index (χ1n) is 28.9. The molecule has 3 N–H and O–H groups in total. The lowest BCUT2D eigenvalue weighted by Gasteiger charge is -2.24. The average Bonchev–Trinajstić information content (AvgIpc) is 3.29. The molecular weight excluding hydrogens is 791 g/mol. The molecule has 0 aliphatic heterocycles. The van der Waals surface area contributed by atoms with Crippen LogP contribution < -0.4 is 5.32 Å². The van der Waals surface area contributed by atoms with Crippen molar-refractivity contribution >= 4 is 11.9 Å². The maximum atomic E-state index is 13.2. The number of esters is 1. The molecule has 0 aromatic rings. The van der Waals surface area contributed by atoms with Crippen molar-refractivity contribution in [3.8, 4) is 0 Å². The second kappa shape index (κ2) is 52.6. The molecule has 0 saturated carbocycles. The van der Waals surface area contributed by atoms with E-state index < -0.39 is 18.2 Å². The van der Waals surface area contributed by atoms with Gasteiger partial charge in [-0.15, -0.1) is 0 Å². The minimum Gasteiger partial charge on any atom is -0.462 e. The Hall–Kier alpha value is -1.40. The van der Waals surface area contributed by atoms with Gasteiger partial charge in [0.2, 0.25) is 5.91 Å². The van der Waals surface area contributed by atoms with Gasteiger partial charge >= 0.3 is 5.97 Å². The van der Waals surface area contributed by atoms with Crippen LogP contribution in [-0.2, 0) is 14.3 Å². The molecule has 3 unspecified atom stereocenters. The Balaban J connectivity index is 4.51. The highest BCUT2D eigenvalue weighted by Gasteiger charge is 2.24. The van der Waals surface area contributed by atoms with E-state index >= 15 is 0 Å². The largest absolute Gasteiger partial charge is 0.462 e. The molecule has 0 aromatic heterocycles. The minimum absolute atomic E-state index is 0.0822. The van der Waals surface area contributed by atoms with Crippen LogP contribution in [0.3, 0.4) is 0 Å². The molecule has 0 rings (SSSR count). The van der Waals surface area contributed by atoms with Crippen molar-refractivity contribution in [3.05, 3.63) is 12.2 Å². The van der Waals surface area contributed by atoms with Crippen molar-refractivity contribution < 1.29 is 24.5 Å². The summed E-state index contributed by atoms with van der Waals surface area (Å²) in [6.07, 6.45) is 59.9. The summed E-state index contributed by atoms with van der Waals surface area (Å²) < 4.78 is 5.96. The monoisotopic (exact) mass is 904 g/mol. The van der Waals surface area contributed by atoms with Gasteiger partial charge in [-0.25, -0.2) is 0 Å². The molecule has 3 atom stereocenters. The number of allylic oxidation sites excluding steroid dienone is 2. The van der Waals surface area contributed by atoms with E-state index in [1.165, 1.54) is 225 Å². The van der Waals surface area contributed by atoms with Crippen LogP contribution in [0.2, 0.25) is 0 Å². The first-order chi connectivity index (χ1) is 31.5. The quantitative estimate of drug-likeness (QED) is 0.0321. The van der Waals surface area contributed by atoms with Crippen LogP contribution in [0.4, 0.5) is 0 Å². The number of unbranched alkanes of at least 4 members (excludes halogenated alkanes) is 39. The van der Waals surface area contributed by atoms with Crippen molar-refractivity contribution in [2.24, 2.45) is 0 Å². The van der Waals surface area contributed by atoms with E-state index in [9.17, 15) is 19.8 Å². The summed E-state index contributed by atoms with van der Waals surface area (Å²) in [5.41, 5.74) is 0. The van der Waals surface area contributed by atoms with Crippen molar-refractivity contribution in [1.29, 1.82) is 0 Å². The van der Waals surface area contributed by atoms with E-state index in [1.807, 2.05) is 0 Å². The lowest BCUT2D eigenvalue weighted by atomic mass is 10.0. The number of rotatable bonds is 53. The molecule has 6 nitrogen and oxygen atoms in total. The normalized spacial score (nSPS) is 13.1. The summed E-state index contributed by atoms with van der Waals surface area (Å²) in [5.74, 6) is -0.460. The van der Waals surface area contributed by atoms with Crippen LogP contribution in [0.25, 0.3) is 0 Å². The van der Waals surface area contributed by atoms with E-state index in [0.717, 1.165) is 51.4 Å².